The summed E-state index contributed by atoms with van der Waals surface area (Å²) in [7, 11) is 2.19. The third kappa shape index (κ3) is 5.48. The van der Waals surface area contributed by atoms with E-state index in [0.29, 0.717) is 0 Å². The summed E-state index contributed by atoms with van der Waals surface area (Å²) in [4.78, 5) is 18.1. The lowest BCUT2D eigenvalue weighted by molar-refractivity contribution is 0.247. The first-order chi connectivity index (χ1) is 18.6. The fourth-order valence-electron chi connectivity index (χ4n) is 5.36. The van der Waals surface area contributed by atoms with Crippen molar-refractivity contribution < 1.29 is 0 Å². The van der Waals surface area contributed by atoms with Crippen LogP contribution in [-0.4, -0.2) is 49.5 Å². The van der Waals surface area contributed by atoms with Crippen molar-refractivity contribution in [1.82, 2.24) is 29.3 Å². The van der Waals surface area contributed by atoms with Crippen molar-refractivity contribution in [1.29, 1.82) is 0 Å². The van der Waals surface area contributed by atoms with Crippen LogP contribution < -0.4 is 0 Å². The van der Waals surface area contributed by atoms with Gasteiger partial charge in [-0.05, 0) is 65.6 Å². The van der Waals surface area contributed by atoms with Gasteiger partial charge in [-0.1, -0.05) is 48.0 Å². The molecule has 4 bridgehead atoms. The first-order valence-electron chi connectivity index (χ1n) is 13.1. The highest BCUT2D eigenvalue weighted by molar-refractivity contribution is 6.31. The Kier molecular flexibility index (Phi) is 7.18. The van der Waals surface area contributed by atoms with Gasteiger partial charge in [0.1, 0.15) is 12.0 Å². The quantitative estimate of drug-likeness (QED) is 0.291. The zero-order chi connectivity index (χ0) is 25.9. The average molecular weight is 523 g/mol. The van der Waals surface area contributed by atoms with Crippen LogP contribution in [0, 0.1) is 0 Å². The molecule has 0 atom stereocenters. The first-order valence-corrected chi connectivity index (χ1v) is 13.5. The number of benzene rings is 2. The molecule has 0 radical (unpaired) electrons. The number of aromatic nitrogens is 4. The molecule has 5 aromatic rings. The molecule has 0 fully saturated rings. The lowest BCUT2D eigenvalue weighted by Gasteiger charge is -2.25. The van der Waals surface area contributed by atoms with Gasteiger partial charge in [0.05, 0.1) is 5.69 Å². The molecule has 6 rings (SSSR count). The molecule has 0 amide bonds. The Hall–Kier alpha value is -3.58. The summed E-state index contributed by atoms with van der Waals surface area (Å²) in [6.07, 6.45) is 8.30. The van der Waals surface area contributed by atoms with E-state index in [-0.39, 0.29) is 0 Å². The molecular weight excluding hydrogens is 492 g/mol. The second-order valence-corrected chi connectivity index (χ2v) is 10.6. The summed E-state index contributed by atoms with van der Waals surface area (Å²) < 4.78 is 2.34. The molecule has 38 heavy (non-hydrogen) atoms. The van der Waals surface area contributed by atoms with E-state index in [4.69, 9.17) is 11.6 Å². The maximum atomic E-state index is 6.74. The summed E-state index contributed by atoms with van der Waals surface area (Å²) in [5.41, 5.74) is 8.29. The molecule has 0 saturated carbocycles. The highest BCUT2D eigenvalue weighted by Gasteiger charge is 2.17. The first kappa shape index (κ1) is 24.7. The molecular formula is C31H31ClN6. The SMILES string of the molecule is CN1CCc2cccc(c2)-c2cc3cncnc3n2CCN(Cc2cccnc2)Cc2cc(ccc2Cl)C1. The van der Waals surface area contributed by atoms with Crippen LogP contribution in [-0.2, 0) is 32.6 Å². The molecule has 192 valence electrons. The number of likely N-dealkylation sites (N-methyl/N-ethyl adjacent to an activating group) is 1. The smallest absolute Gasteiger partial charge is 0.143 e. The Labute approximate surface area is 228 Å². The van der Waals surface area contributed by atoms with E-state index in [2.05, 4.69) is 84.9 Å². The molecule has 0 spiro atoms. The van der Waals surface area contributed by atoms with Crippen molar-refractivity contribution in [2.24, 2.45) is 0 Å². The molecule has 4 heterocycles. The maximum Gasteiger partial charge on any atom is 0.143 e. The van der Waals surface area contributed by atoms with Crippen LogP contribution >= 0.6 is 11.6 Å². The second kappa shape index (κ2) is 11.0. The number of rotatable bonds is 2. The Bertz CT molecular complexity index is 1550. The van der Waals surface area contributed by atoms with Crippen molar-refractivity contribution in [3.05, 3.63) is 113 Å². The van der Waals surface area contributed by atoms with Crippen LogP contribution in [0.5, 0.6) is 0 Å². The van der Waals surface area contributed by atoms with E-state index >= 15 is 0 Å². The summed E-state index contributed by atoms with van der Waals surface area (Å²) in [5, 5.41) is 1.86. The standard InChI is InChI=1S/C31H31ClN6/c1-36-11-9-23-4-2-6-26(14-23)30-16-27-18-34-22-35-31(27)38(30)13-12-37(20-25-5-3-10-33-17-25)21-28-15-24(19-36)7-8-29(28)32/h2-8,10,14-18,22H,9,11-13,19-21H2,1H3. The zero-order valence-corrected chi connectivity index (χ0v) is 22.3. The monoisotopic (exact) mass is 522 g/mol. The van der Waals surface area contributed by atoms with Gasteiger partial charge in [-0.2, -0.15) is 0 Å². The minimum absolute atomic E-state index is 0.754. The van der Waals surface area contributed by atoms with Crippen molar-refractivity contribution in [3.63, 3.8) is 0 Å². The van der Waals surface area contributed by atoms with Crippen LogP contribution in [0.25, 0.3) is 22.3 Å². The number of hydrogen-bond acceptors (Lipinski definition) is 5. The average Bonchev–Trinajstić information content (AvgIpc) is 3.31. The number of hydrogen-bond donors (Lipinski definition) is 0. The van der Waals surface area contributed by atoms with E-state index in [1.54, 1.807) is 6.33 Å². The van der Waals surface area contributed by atoms with Crippen LogP contribution in [0.2, 0.25) is 5.02 Å². The molecule has 6 nitrogen and oxygen atoms in total. The largest absolute Gasteiger partial charge is 0.324 e. The Balaban J connectivity index is 1.43. The molecule has 3 aromatic heterocycles. The molecule has 0 aliphatic carbocycles. The van der Waals surface area contributed by atoms with E-state index in [0.717, 1.165) is 67.3 Å². The van der Waals surface area contributed by atoms with E-state index < -0.39 is 0 Å². The number of pyridine rings is 1. The van der Waals surface area contributed by atoms with Crippen LogP contribution in [0.4, 0.5) is 0 Å². The van der Waals surface area contributed by atoms with Gasteiger partial charge >= 0.3 is 0 Å². The molecule has 0 unspecified atom stereocenters. The molecule has 0 N–H and O–H groups in total. The lowest BCUT2D eigenvalue weighted by Crippen LogP contribution is -2.27. The van der Waals surface area contributed by atoms with E-state index in [1.165, 1.54) is 27.9 Å². The van der Waals surface area contributed by atoms with E-state index in [1.807, 2.05) is 30.7 Å². The van der Waals surface area contributed by atoms with Crippen molar-refractivity contribution in [3.8, 4) is 11.3 Å². The molecule has 1 aliphatic heterocycles. The van der Waals surface area contributed by atoms with Gasteiger partial charge in [0.25, 0.3) is 0 Å². The van der Waals surface area contributed by atoms with Gasteiger partial charge in [0, 0.05) is 68.3 Å². The predicted octanol–water partition coefficient (Wildman–Crippen LogP) is 5.84. The zero-order valence-electron chi connectivity index (χ0n) is 21.6. The van der Waals surface area contributed by atoms with Crippen molar-refractivity contribution in [2.45, 2.75) is 32.6 Å². The van der Waals surface area contributed by atoms with Crippen LogP contribution in [0.1, 0.15) is 22.3 Å². The Morgan fingerprint density at radius 2 is 1.82 bits per heavy atom. The van der Waals surface area contributed by atoms with Crippen molar-refractivity contribution >= 4 is 22.6 Å². The van der Waals surface area contributed by atoms with Crippen molar-refractivity contribution in [2.75, 3.05) is 20.1 Å². The van der Waals surface area contributed by atoms with Crippen LogP contribution in [0.3, 0.4) is 0 Å². The van der Waals surface area contributed by atoms with Gasteiger partial charge in [0.2, 0.25) is 0 Å². The van der Waals surface area contributed by atoms with Gasteiger partial charge in [-0.25, -0.2) is 9.97 Å². The number of nitrogens with zero attached hydrogens (tertiary/aromatic N) is 6. The minimum atomic E-state index is 0.754. The second-order valence-electron chi connectivity index (χ2n) is 10.2. The third-order valence-corrected chi connectivity index (χ3v) is 7.66. The maximum absolute atomic E-state index is 6.74. The summed E-state index contributed by atoms with van der Waals surface area (Å²) >= 11 is 6.74. The number of halogens is 1. The van der Waals surface area contributed by atoms with E-state index in [9.17, 15) is 0 Å². The van der Waals surface area contributed by atoms with Gasteiger partial charge < -0.3 is 9.47 Å². The predicted molar refractivity (Wildman–Crippen MR) is 153 cm³/mol. The third-order valence-electron chi connectivity index (χ3n) is 7.29. The number of fused-ring (bicyclic) bond motifs is 8. The fourth-order valence-corrected chi connectivity index (χ4v) is 5.53. The Morgan fingerprint density at radius 1 is 0.868 bits per heavy atom. The van der Waals surface area contributed by atoms with Crippen LogP contribution in [0.15, 0.2) is 85.6 Å². The normalized spacial score (nSPS) is 15.4. The lowest BCUT2D eigenvalue weighted by atomic mass is 10.0. The molecule has 1 aliphatic rings. The highest BCUT2D eigenvalue weighted by atomic mass is 35.5. The molecule has 2 aromatic carbocycles. The van der Waals surface area contributed by atoms with Gasteiger partial charge in [-0.15, -0.1) is 0 Å². The van der Waals surface area contributed by atoms with Gasteiger partial charge in [0.15, 0.2) is 0 Å². The summed E-state index contributed by atoms with van der Waals surface area (Å²) in [6.45, 7) is 5.02. The minimum Gasteiger partial charge on any atom is -0.324 e. The Morgan fingerprint density at radius 3 is 2.71 bits per heavy atom. The summed E-state index contributed by atoms with van der Waals surface area (Å²) in [5.74, 6) is 0. The molecule has 7 heteroatoms. The summed E-state index contributed by atoms with van der Waals surface area (Å²) in [6, 6.07) is 21.7. The highest BCUT2D eigenvalue weighted by Crippen LogP contribution is 2.29. The van der Waals surface area contributed by atoms with Gasteiger partial charge in [-0.3, -0.25) is 9.88 Å². The molecule has 0 saturated heterocycles. The topological polar surface area (TPSA) is 50.1 Å². The fraction of sp³-hybridized carbons (Fsp3) is 0.258.